The molecule has 0 spiro atoms. The number of sulfone groups is 1. The van der Waals surface area contributed by atoms with Crippen molar-refractivity contribution in [3.8, 4) is 0 Å². The summed E-state index contributed by atoms with van der Waals surface area (Å²) in [6.07, 6.45) is -3.54. The topological polar surface area (TPSA) is 80.5 Å². The SMILES string of the molecule is CS(=O)(=O)c1ccc(C(=O)N(CCN)CC(F)(F)F)cc1. The Morgan fingerprint density at radius 2 is 1.76 bits per heavy atom. The van der Waals surface area contributed by atoms with Crippen molar-refractivity contribution in [1.29, 1.82) is 0 Å². The van der Waals surface area contributed by atoms with E-state index in [1.54, 1.807) is 0 Å². The molecule has 0 aliphatic carbocycles. The van der Waals surface area contributed by atoms with Crippen LogP contribution in [0.15, 0.2) is 29.2 Å². The normalized spacial score (nSPS) is 12.2. The smallest absolute Gasteiger partial charge is 0.329 e. The first-order valence-electron chi connectivity index (χ1n) is 5.91. The fraction of sp³-hybridized carbons (Fsp3) is 0.417. The number of rotatable bonds is 5. The molecule has 0 saturated carbocycles. The molecule has 0 aliphatic rings. The third-order valence-corrected chi connectivity index (χ3v) is 3.71. The first-order valence-corrected chi connectivity index (χ1v) is 7.80. The standard InChI is InChI=1S/C12H15F3N2O3S/c1-21(19,20)10-4-2-9(3-5-10)11(18)17(7-6-16)8-12(13,14)15/h2-5H,6-8,16H2,1H3. The molecule has 0 aromatic heterocycles. The maximum Gasteiger partial charge on any atom is 0.406 e. The molecule has 1 aromatic carbocycles. The summed E-state index contributed by atoms with van der Waals surface area (Å²) in [6.45, 7) is -1.76. The Labute approximate surface area is 120 Å². The monoisotopic (exact) mass is 324 g/mol. The van der Waals surface area contributed by atoms with Crippen LogP contribution in [0.2, 0.25) is 0 Å². The molecule has 1 aromatic rings. The van der Waals surface area contributed by atoms with Gasteiger partial charge in [-0.3, -0.25) is 4.79 Å². The number of nitrogens with zero attached hydrogens (tertiary/aromatic N) is 1. The Bertz CT molecular complexity index is 597. The van der Waals surface area contributed by atoms with Gasteiger partial charge in [-0.2, -0.15) is 13.2 Å². The summed E-state index contributed by atoms with van der Waals surface area (Å²) < 4.78 is 59.8. The number of hydrogen-bond donors (Lipinski definition) is 1. The predicted molar refractivity (Wildman–Crippen MR) is 70.6 cm³/mol. The van der Waals surface area contributed by atoms with Crippen molar-refractivity contribution in [2.75, 3.05) is 25.9 Å². The molecule has 9 heteroatoms. The molecule has 0 fully saturated rings. The third kappa shape index (κ3) is 5.35. The Balaban J connectivity index is 2.99. The first-order chi connectivity index (χ1) is 9.54. The van der Waals surface area contributed by atoms with Crippen LogP contribution < -0.4 is 5.73 Å². The van der Waals surface area contributed by atoms with Crippen LogP contribution in [0.3, 0.4) is 0 Å². The van der Waals surface area contributed by atoms with Crippen LogP contribution in [0.25, 0.3) is 0 Å². The summed E-state index contributed by atoms with van der Waals surface area (Å²) in [6, 6.07) is 4.71. The van der Waals surface area contributed by atoms with Gasteiger partial charge in [0.1, 0.15) is 6.54 Å². The summed E-state index contributed by atoms with van der Waals surface area (Å²) in [5, 5.41) is 0. The lowest BCUT2D eigenvalue weighted by atomic mass is 10.2. The predicted octanol–water partition coefficient (Wildman–Crippen LogP) is 1.05. The molecule has 0 saturated heterocycles. The van der Waals surface area contributed by atoms with Crippen molar-refractivity contribution in [2.45, 2.75) is 11.1 Å². The maximum absolute atomic E-state index is 12.4. The van der Waals surface area contributed by atoms with Gasteiger partial charge >= 0.3 is 6.18 Å². The summed E-state index contributed by atoms with van der Waals surface area (Å²) >= 11 is 0. The summed E-state index contributed by atoms with van der Waals surface area (Å²) in [4.78, 5) is 12.6. The van der Waals surface area contributed by atoms with Crippen molar-refractivity contribution >= 4 is 15.7 Å². The molecule has 5 nitrogen and oxygen atoms in total. The van der Waals surface area contributed by atoms with Gasteiger partial charge < -0.3 is 10.6 Å². The minimum atomic E-state index is -4.53. The number of halogens is 3. The molecule has 1 amide bonds. The number of hydrogen-bond acceptors (Lipinski definition) is 4. The second-order valence-corrected chi connectivity index (χ2v) is 6.44. The molecule has 0 heterocycles. The van der Waals surface area contributed by atoms with E-state index in [1.807, 2.05) is 0 Å². The van der Waals surface area contributed by atoms with Crippen molar-refractivity contribution in [3.05, 3.63) is 29.8 Å². The van der Waals surface area contributed by atoms with Gasteiger partial charge in [-0.25, -0.2) is 8.42 Å². The van der Waals surface area contributed by atoms with Crippen molar-refractivity contribution in [3.63, 3.8) is 0 Å². The van der Waals surface area contributed by atoms with Crippen molar-refractivity contribution in [1.82, 2.24) is 4.90 Å². The van der Waals surface area contributed by atoms with Gasteiger partial charge in [0, 0.05) is 24.9 Å². The minimum absolute atomic E-state index is 0.0137. The van der Waals surface area contributed by atoms with Gasteiger partial charge in [0.05, 0.1) is 4.90 Å². The van der Waals surface area contributed by atoms with Crippen molar-refractivity contribution < 1.29 is 26.4 Å². The van der Waals surface area contributed by atoms with Crippen LogP contribution in [0.1, 0.15) is 10.4 Å². The van der Waals surface area contributed by atoms with E-state index >= 15 is 0 Å². The van der Waals surface area contributed by atoms with Gasteiger partial charge in [0.2, 0.25) is 0 Å². The molecular formula is C12H15F3N2O3S. The van der Waals surface area contributed by atoms with Crippen LogP contribution in [0.4, 0.5) is 13.2 Å². The molecule has 1 rings (SSSR count). The fourth-order valence-corrected chi connectivity index (χ4v) is 2.28. The van der Waals surface area contributed by atoms with Gasteiger partial charge in [-0.15, -0.1) is 0 Å². The molecule has 0 unspecified atom stereocenters. The lowest BCUT2D eigenvalue weighted by molar-refractivity contribution is -0.140. The Hall–Kier alpha value is -1.61. The molecule has 0 radical (unpaired) electrons. The highest BCUT2D eigenvalue weighted by Crippen LogP contribution is 2.18. The highest BCUT2D eigenvalue weighted by molar-refractivity contribution is 7.90. The van der Waals surface area contributed by atoms with E-state index in [0.29, 0.717) is 4.90 Å². The van der Waals surface area contributed by atoms with Crippen LogP contribution >= 0.6 is 0 Å². The molecule has 0 bridgehead atoms. The molecule has 0 atom stereocenters. The van der Waals surface area contributed by atoms with E-state index < -0.39 is 28.5 Å². The zero-order valence-corrected chi connectivity index (χ0v) is 12.0. The van der Waals surface area contributed by atoms with Gasteiger partial charge in [-0.05, 0) is 24.3 Å². The fourth-order valence-electron chi connectivity index (χ4n) is 1.65. The first kappa shape index (κ1) is 17.4. The molecule has 21 heavy (non-hydrogen) atoms. The summed E-state index contributed by atoms with van der Waals surface area (Å²) in [5.74, 6) is -0.849. The van der Waals surface area contributed by atoms with E-state index in [0.717, 1.165) is 6.26 Å². The second-order valence-electron chi connectivity index (χ2n) is 4.43. The number of carbonyl (C=O) groups excluding carboxylic acids is 1. The van der Waals surface area contributed by atoms with E-state index in [4.69, 9.17) is 5.73 Å². The molecular weight excluding hydrogens is 309 g/mol. The lowest BCUT2D eigenvalue weighted by Crippen LogP contribution is -2.41. The van der Waals surface area contributed by atoms with Crippen molar-refractivity contribution in [2.24, 2.45) is 5.73 Å². The quantitative estimate of drug-likeness (QED) is 0.878. The lowest BCUT2D eigenvalue weighted by Gasteiger charge is -2.23. The number of amides is 1. The Morgan fingerprint density at radius 3 is 2.14 bits per heavy atom. The summed E-state index contributed by atoms with van der Waals surface area (Å²) in [7, 11) is -3.43. The molecule has 0 aliphatic heterocycles. The number of nitrogens with two attached hydrogens (primary N) is 1. The zero-order valence-electron chi connectivity index (χ0n) is 11.2. The van der Waals surface area contributed by atoms with E-state index in [9.17, 15) is 26.4 Å². The van der Waals surface area contributed by atoms with Gasteiger partial charge in [-0.1, -0.05) is 0 Å². The van der Waals surface area contributed by atoms with E-state index in [2.05, 4.69) is 0 Å². The highest BCUT2D eigenvalue weighted by Gasteiger charge is 2.33. The number of alkyl halides is 3. The average molecular weight is 324 g/mol. The van der Waals surface area contributed by atoms with Crippen LogP contribution in [0, 0.1) is 0 Å². The molecule has 2 N–H and O–H groups in total. The number of carbonyl (C=O) groups is 1. The maximum atomic E-state index is 12.4. The van der Waals surface area contributed by atoms with E-state index in [-0.39, 0.29) is 23.5 Å². The molecule has 118 valence electrons. The largest absolute Gasteiger partial charge is 0.406 e. The van der Waals surface area contributed by atoms with E-state index in [1.165, 1.54) is 24.3 Å². The number of benzene rings is 1. The average Bonchev–Trinajstić information content (AvgIpc) is 2.35. The van der Waals surface area contributed by atoms with Crippen LogP contribution in [-0.2, 0) is 9.84 Å². The minimum Gasteiger partial charge on any atom is -0.329 e. The highest BCUT2D eigenvalue weighted by atomic mass is 32.2. The Kier molecular flexibility index (Phi) is 5.35. The second kappa shape index (κ2) is 6.44. The zero-order chi connectivity index (χ0) is 16.3. The summed E-state index contributed by atoms with van der Waals surface area (Å²) in [5.41, 5.74) is 5.18. The third-order valence-electron chi connectivity index (χ3n) is 2.59. The Morgan fingerprint density at radius 1 is 1.24 bits per heavy atom. The van der Waals surface area contributed by atoms with Crippen LogP contribution in [0.5, 0.6) is 0 Å². The van der Waals surface area contributed by atoms with Gasteiger partial charge in [0.25, 0.3) is 5.91 Å². The van der Waals surface area contributed by atoms with Gasteiger partial charge in [0.15, 0.2) is 9.84 Å². The van der Waals surface area contributed by atoms with Crippen LogP contribution in [-0.4, -0.2) is 51.3 Å².